The zero-order valence-electron chi connectivity index (χ0n) is 14.9. The molecule has 1 aromatic carbocycles. The minimum absolute atomic E-state index is 0.183. The van der Waals surface area contributed by atoms with Crippen LogP contribution in [0.2, 0.25) is 0 Å². The Hall–Kier alpha value is -3.13. The number of H-pyrrole nitrogens is 1. The van der Waals surface area contributed by atoms with Gasteiger partial charge in [0.15, 0.2) is 0 Å². The van der Waals surface area contributed by atoms with E-state index in [0.717, 1.165) is 12.1 Å². The Morgan fingerprint density at radius 3 is 2.81 bits per heavy atom. The summed E-state index contributed by atoms with van der Waals surface area (Å²) in [6.07, 6.45) is 0.941. The monoisotopic (exact) mass is 380 g/mol. The number of aromatic nitrogens is 4. The molecule has 0 atom stereocenters. The Kier molecular flexibility index (Phi) is 4.88. The Morgan fingerprint density at radius 1 is 1.11 bits per heavy atom. The topological polar surface area (TPSA) is 87.1 Å². The first-order valence-electron chi connectivity index (χ1n) is 8.79. The molecule has 0 unspecified atom stereocenters. The van der Waals surface area contributed by atoms with Gasteiger partial charge in [0.2, 0.25) is 5.95 Å². The Morgan fingerprint density at radius 2 is 2.00 bits per heavy atom. The Labute approximate surface area is 160 Å². The molecule has 0 saturated heterocycles. The van der Waals surface area contributed by atoms with E-state index in [4.69, 9.17) is 0 Å². The smallest absolute Gasteiger partial charge is 0.274 e. The molecule has 27 heavy (non-hydrogen) atoms. The summed E-state index contributed by atoms with van der Waals surface area (Å²) in [5.74, 6) is 0.881. The van der Waals surface area contributed by atoms with Gasteiger partial charge in [-0.3, -0.25) is 9.89 Å². The SMILES string of the molecule is CCc1ccccc1NCc1cc(=O)n2[nH]c(NCc3cccs3)nc2n1. The fourth-order valence-corrected chi connectivity index (χ4v) is 3.51. The van der Waals surface area contributed by atoms with Crippen LogP contribution in [0.5, 0.6) is 0 Å². The lowest BCUT2D eigenvalue weighted by atomic mass is 10.1. The minimum atomic E-state index is -0.183. The van der Waals surface area contributed by atoms with Crippen molar-refractivity contribution in [2.75, 3.05) is 10.6 Å². The normalized spacial score (nSPS) is 11.0. The first kappa shape index (κ1) is 17.3. The molecule has 7 nitrogen and oxygen atoms in total. The second kappa shape index (κ2) is 7.63. The third kappa shape index (κ3) is 3.85. The number of para-hydroxylation sites is 1. The summed E-state index contributed by atoms with van der Waals surface area (Å²) in [4.78, 5) is 22.4. The molecular formula is C19H20N6OS. The van der Waals surface area contributed by atoms with Crippen LogP contribution in [-0.2, 0) is 19.5 Å². The van der Waals surface area contributed by atoms with Gasteiger partial charge in [-0.1, -0.05) is 31.2 Å². The highest BCUT2D eigenvalue weighted by Gasteiger charge is 2.09. The zero-order chi connectivity index (χ0) is 18.6. The molecule has 8 heteroatoms. The average Bonchev–Trinajstić information content (AvgIpc) is 3.34. The summed E-state index contributed by atoms with van der Waals surface area (Å²) in [7, 11) is 0. The van der Waals surface area contributed by atoms with Gasteiger partial charge < -0.3 is 10.6 Å². The predicted molar refractivity (Wildman–Crippen MR) is 108 cm³/mol. The number of anilines is 2. The molecule has 3 heterocycles. The number of thiophene rings is 1. The quantitative estimate of drug-likeness (QED) is 0.458. The van der Waals surface area contributed by atoms with Crippen LogP contribution in [0.15, 0.2) is 52.6 Å². The van der Waals surface area contributed by atoms with Gasteiger partial charge in [0.1, 0.15) is 0 Å². The lowest BCUT2D eigenvalue weighted by molar-refractivity contribution is 0.874. The van der Waals surface area contributed by atoms with E-state index in [2.05, 4.69) is 38.7 Å². The van der Waals surface area contributed by atoms with Crippen LogP contribution < -0.4 is 16.2 Å². The first-order chi connectivity index (χ1) is 13.2. The number of hydrogen-bond acceptors (Lipinski definition) is 6. The molecular weight excluding hydrogens is 360 g/mol. The molecule has 0 aliphatic carbocycles. The molecule has 0 aliphatic heterocycles. The number of benzene rings is 1. The molecule has 0 bridgehead atoms. The van der Waals surface area contributed by atoms with Gasteiger partial charge in [0.05, 0.1) is 18.8 Å². The zero-order valence-corrected chi connectivity index (χ0v) is 15.7. The summed E-state index contributed by atoms with van der Waals surface area (Å²) >= 11 is 1.67. The van der Waals surface area contributed by atoms with E-state index < -0.39 is 0 Å². The van der Waals surface area contributed by atoms with Crippen molar-refractivity contribution in [1.82, 2.24) is 19.6 Å². The van der Waals surface area contributed by atoms with Gasteiger partial charge in [-0.15, -0.1) is 11.3 Å². The van der Waals surface area contributed by atoms with Crippen molar-refractivity contribution in [2.45, 2.75) is 26.4 Å². The van der Waals surface area contributed by atoms with Gasteiger partial charge in [-0.05, 0) is 29.5 Å². The van der Waals surface area contributed by atoms with Crippen molar-refractivity contribution >= 4 is 28.8 Å². The molecule has 0 spiro atoms. The Bertz CT molecular complexity index is 1100. The van der Waals surface area contributed by atoms with Crippen molar-refractivity contribution in [2.24, 2.45) is 0 Å². The van der Waals surface area contributed by atoms with Gasteiger partial charge in [0, 0.05) is 16.6 Å². The summed E-state index contributed by atoms with van der Waals surface area (Å²) in [6.45, 7) is 3.23. The van der Waals surface area contributed by atoms with Crippen LogP contribution in [0.1, 0.15) is 23.1 Å². The second-order valence-corrected chi connectivity index (χ2v) is 7.12. The highest BCUT2D eigenvalue weighted by Crippen LogP contribution is 2.16. The van der Waals surface area contributed by atoms with Crippen molar-refractivity contribution in [3.63, 3.8) is 0 Å². The lowest BCUT2D eigenvalue weighted by Gasteiger charge is -2.10. The number of fused-ring (bicyclic) bond motifs is 1. The molecule has 0 saturated carbocycles. The number of nitrogens with one attached hydrogen (secondary N) is 3. The van der Waals surface area contributed by atoms with E-state index in [9.17, 15) is 4.79 Å². The van der Waals surface area contributed by atoms with Crippen LogP contribution in [-0.4, -0.2) is 19.6 Å². The molecule has 0 radical (unpaired) electrons. The van der Waals surface area contributed by atoms with Crippen molar-refractivity contribution in [1.29, 1.82) is 0 Å². The summed E-state index contributed by atoms with van der Waals surface area (Å²) in [5.41, 5.74) is 2.76. The molecule has 138 valence electrons. The number of hydrogen-bond donors (Lipinski definition) is 3. The van der Waals surface area contributed by atoms with Crippen LogP contribution in [0.4, 0.5) is 11.6 Å². The van der Waals surface area contributed by atoms with Gasteiger partial charge in [-0.25, -0.2) is 4.98 Å². The van der Waals surface area contributed by atoms with E-state index in [1.807, 2.05) is 35.7 Å². The maximum atomic E-state index is 12.4. The number of nitrogens with zero attached hydrogens (tertiary/aromatic N) is 3. The molecule has 4 rings (SSSR count). The average molecular weight is 380 g/mol. The van der Waals surface area contributed by atoms with E-state index in [1.165, 1.54) is 21.0 Å². The van der Waals surface area contributed by atoms with E-state index >= 15 is 0 Å². The largest absolute Gasteiger partial charge is 0.379 e. The highest BCUT2D eigenvalue weighted by atomic mass is 32.1. The van der Waals surface area contributed by atoms with Gasteiger partial charge in [-0.2, -0.15) is 9.50 Å². The first-order valence-corrected chi connectivity index (χ1v) is 9.67. The fourth-order valence-electron chi connectivity index (χ4n) is 2.87. The molecule has 0 amide bonds. The second-order valence-electron chi connectivity index (χ2n) is 6.09. The van der Waals surface area contributed by atoms with Crippen molar-refractivity contribution in [3.05, 3.63) is 74.3 Å². The van der Waals surface area contributed by atoms with Gasteiger partial charge in [0.25, 0.3) is 11.3 Å². The number of aromatic amines is 1. The summed E-state index contributed by atoms with van der Waals surface area (Å²) in [5, 5.41) is 11.5. The number of rotatable bonds is 7. The predicted octanol–water partition coefficient (Wildman–Crippen LogP) is 3.27. The molecule has 4 aromatic rings. The third-order valence-electron chi connectivity index (χ3n) is 4.25. The van der Waals surface area contributed by atoms with Gasteiger partial charge >= 0.3 is 0 Å². The highest BCUT2D eigenvalue weighted by molar-refractivity contribution is 7.09. The van der Waals surface area contributed by atoms with Crippen LogP contribution >= 0.6 is 11.3 Å². The fraction of sp³-hybridized carbons (Fsp3) is 0.211. The van der Waals surface area contributed by atoms with Crippen LogP contribution in [0.3, 0.4) is 0 Å². The Balaban J connectivity index is 1.51. The van der Waals surface area contributed by atoms with E-state index in [1.54, 1.807) is 11.3 Å². The summed E-state index contributed by atoms with van der Waals surface area (Å²) < 4.78 is 1.35. The van der Waals surface area contributed by atoms with Crippen LogP contribution in [0, 0.1) is 0 Å². The molecule has 0 fully saturated rings. The third-order valence-corrected chi connectivity index (χ3v) is 5.13. The molecule has 0 aliphatic rings. The van der Waals surface area contributed by atoms with Crippen LogP contribution in [0.25, 0.3) is 5.78 Å². The molecule has 3 aromatic heterocycles. The summed E-state index contributed by atoms with van der Waals surface area (Å²) in [6, 6.07) is 13.7. The van der Waals surface area contributed by atoms with Crippen molar-refractivity contribution in [3.8, 4) is 0 Å². The maximum absolute atomic E-state index is 12.4. The van der Waals surface area contributed by atoms with E-state index in [0.29, 0.717) is 30.5 Å². The minimum Gasteiger partial charge on any atom is -0.379 e. The van der Waals surface area contributed by atoms with Crippen molar-refractivity contribution < 1.29 is 0 Å². The van der Waals surface area contributed by atoms with E-state index in [-0.39, 0.29) is 5.56 Å². The standard InChI is InChI=1S/C19H20N6OS/c1-2-13-6-3-4-8-16(13)20-11-14-10-17(26)25-19(22-14)23-18(24-25)21-12-15-7-5-9-27-15/h3-10,20H,2,11-12H2,1H3,(H2,21,22,23,24). The number of aryl methyl sites for hydroxylation is 1. The maximum Gasteiger partial charge on any atom is 0.274 e. The molecule has 3 N–H and O–H groups in total. The lowest BCUT2D eigenvalue weighted by Crippen LogP contribution is -2.17.